The van der Waals surface area contributed by atoms with Gasteiger partial charge in [-0.1, -0.05) is 111 Å². The molecule has 0 aromatic heterocycles. The van der Waals surface area contributed by atoms with Crippen molar-refractivity contribution in [2.24, 2.45) is 0 Å². The molecule has 3 aliphatic rings. The minimum Gasteiger partial charge on any atom is -0.400 e. The fraction of sp³-hybridized carbons (Fsp3) is 0.357. The molecule has 3 aromatic rings. The zero-order chi connectivity index (χ0) is 24.6. The van der Waals surface area contributed by atoms with E-state index in [1.54, 1.807) is 11.8 Å². The van der Waals surface area contributed by atoms with Crippen LogP contribution in [-0.4, -0.2) is 52.4 Å². The molecule has 0 spiro atoms. The Labute approximate surface area is 215 Å². The summed E-state index contributed by atoms with van der Waals surface area (Å²) in [5.41, 5.74) is -0.344. The van der Waals surface area contributed by atoms with Crippen LogP contribution in [0.25, 0.3) is 0 Å². The van der Waals surface area contributed by atoms with Crippen LogP contribution in [-0.2, 0) is 20.0 Å². The highest BCUT2D eigenvalue weighted by Gasteiger charge is 2.59. The van der Waals surface area contributed by atoms with E-state index >= 15 is 0 Å². The highest BCUT2D eigenvalue weighted by atomic mass is 32.2. The lowest BCUT2D eigenvalue weighted by Crippen LogP contribution is -2.74. The van der Waals surface area contributed by atoms with Gasteiger partial charge in [0.05, 0.1) is 23.2 Å². The summed E-state index contributed by atoms with van der Waals surface area (Å²) in [6.45, 7) is 6.66. The summed E-state index contributed by atoms with van der Waals surface area (Å²) in [5, 5.41) is 13.0. The van der Waals surface area contributed by atoms with Crippen LogP contribution >= 0.6 is 11.8 Å². The van der Waals surface area contributed by atoms with E-state index < -0.39 is 42.7 Å². The molecule has 184 valence electrons. The van der Waals surface area contributed by atoms with Gasteiger partial charge in [-0.05, 0) is 27.5 Å². The Hall–Kier alpha value is -1.74. The summed E-state index contributed by atoms with van der Waals surface area (Å²) in [6.07, 6.45) is -1.92. The molecule has 3 heterocycles. The van der Waals surface area contributed by atoms with Gasteiger partial charge in [-0.15, -0.1) is 0 Å². The quantitative estimate of drug-likeness (QED) is 0.495. The Morgan fingerprint density at radius 2 is 1.43 bits per heavy atom. The van der Waals surface area contributed by atoms with Gasteiger partial charge in [-0.3, -0.25) is 4.21 Å². The highest BCUT2D eigenvalue weighted by molar-refractivity contribution is 8.00. The van der Waals surface area contributed by atoms with Crippen molar-refractivity contribution in [1.29, 1.82) is 0 Å². The molecule has 6 atom stereocenters. The van der Waals surface area contributed by atoms with Gasteiger partial charge in [0.2, 0.25) is 0 Å². The molecule has 2 bridgehead atoms. The highest BCUT2D eigenvalue weighted by Crippen LogP contribution is 2.45. The van der Waals surface area contributed by atoms with Crippen molar-refractivity contribution in [2.75, 3.05) is 5.75 Å². The normalized spacial score (nSPS) is 28.7. The van der Waals surface area contributed by atoms with Gasteiger partial charge in [0, 0.05) is 15.7 Å². The number of fused-ring (bicyclic) bond motifs is 3. The second-order valence-corrected chi connectivity index (χ2v) is 17.3. The van der Waals surface area contributed by atoms with Gasteiger partial charge >= 0.3 is 0 Å². The predicted molar refractivity (Wildman–Crippen MR) is 146 cm³/mol. The summed E-state index contributed by atoms with van der Waals surface area (Å²) >= 11 is 1.57. The fourth-order valence-corrected chi connectivity index (χ4v) is 13.4. The average molecular weight is 525 g/mol. The first-order valence-electron chi connectivity index (χ1n) is 12.0. The second-order valence-electron chi connectivity index (χ2n) is 10.2. The van der Waals surface area contributed by atoms with Gasteiger partial charge < -0.3 is 14.3 Å². The van der Waals surface area contributed by atoms with Gasteiger partial charge in [0.15, 0.2) is 0 Å². The lowest BCUT2D eigenvalue weighted by atomic mass is 10.0. The van der Waals surface area contributed by atoms with Gasteiger partial charge in [0.25, 0.3) is 8.32 Å². The number of hydrogen-bond acceptors (Lipinski definition) is 5. The smallest absolute Gasteiger partial charge is 0.261 e. The topological polar surface area (TPSA) is 55.8 Å². The number of aliphatic hydroxyl groups is 1. The van der Waals surface area contributed by atoms with E-state index in [-0.39, 0.29) is 10.5 Å². The van der Waals surface area contributed by atoms with E-state index in [1.165, 1.54) is 0 Å². The van der Waals surface area contributed by atoms with Crippen LogP contribution in [0.2, 0.25) is 5.04 Å². The van der Waals surface area contributed by atoms with Crippen molar-refractivity contribution in [1.82, 2.24) is 0 Å². The van der Waals surface area contributed by atoms with E-state index in [9.17, 15) is 9.32 Å². The molecule has 7 heteroatoms. The van der Waals surface area contributed by atoms with E-state index in [2.05, 4.69) is 45.0 Å². The Bertz CT molecular complexity index is 1110. The molecule has 3 fully saturated rings. The SMILES string of the molecule is CC(C)(C)[Si](O[C@H]1[C@H](O)[C@H]2CS(=O)[C@@H]1[C@H](Sc1ccccc1)O2)(c1ccccc1)c1ccccc1. The summed E-state index contributed by atoms with van der Waals surface area (Å²) < 4.78 is 27.0. The van der Waals surface area contributed by atoms with Crippen molar-refractivity contribution < 1.29 is 18.5 Å². The van der Waals surface area contributed by atoms with E-state index in [4.69, 9.17) is 9.16 Å². The van der Waals surface area contributed by atoms with Crippen molar-refractivity contribution in [3.8, 4) is 0 Å². The third-order valence-electron chi connectivity index (χ3n) is 6.98. The number of benzene rings is 3. The van der Waals surface area contributed by atoms with Crippen molar-refractivity contribution in [2.45, 2.75) is 59.7 Å². The Morgan fingerprint density at radius 3 is 1.94 bits per heavy atom. The number of ether oxygens (including phenoxy) is 1. The van der Waals surface area contributed by atoms with E-state index in [0.717, 1.165) is 15.3 Å². The maximum atomic E-state index is 13.5. The fourth-order valence-electron chi connectivity index (χ4n) is 5.34. The molecule has 0 aliphatic carbocycles. The van der Waals surface area contributed by atoms with E-state index in [0.29, 0.717) is 5.75 Å². The maximum Gasteiger partial charge on any atom is 0.261 e. The van der Waals surface area contributed by atoms with Gasteiger partial charge in [-0.2, -0.15) is 0 Å². The van der Waals surface area contributed by atoms with Crippen molar-refractivity contribution in [3.05, 3.63) is 91.0 Å². The monoisotopic (exact) mass is 524 g/mol. The van der Waals surface area contributed by atoms with Crippen LogP contribution in [0.1, 0.15) is 20.8 Å². The molecule has 3 saturated heterocycles. The third-order valence-corrected chi connectivity index (χ3v) is 15.1. The van der Waals surface area contributed by atoms with Crippen molar-refractivity contribution >= 4 is 41.3 Å². The van der Waals surface area contributed by atoms with Crippen molar-refractivity contribution in [3.63, 3.8) is 0 Å². The minimum atomic E-state index is -2.93. The molecule has 4 nitrogen and oxygen atoms in total. The average Bonchev–Trinajstić information content (AvgIpc) is 2.85. The molecule has 6 rings (SSSR count). The summed E-state index contributed by atoms with van der Waals surface area (Å²) in [6, 6.07) is 30.8. The second kappa shape index (κ2) is 9.96. The molecule has 0 saturated carbocycles. The molecule has 35 heavy (non-hydrogen) atoms. The van der Waals surface area contributed by atoms with Crippen LogP contribution in [0.4, 0.5) is 0 Å². The molecule has 3 aliphatic heterocycles. The molecule has 0 radical (unpaired) electrons. The van der Waals surface area contributed by atoms with Crippen LogP contribution in [0.3, 0.4) is 0 Å². The largest absolute Gasteiger partial charge is 0.400 e. The lowest BCUT2D eigenvalue weighted by molar-refractivity contribution is -0.134. The Balaban J connectivity index is 1.60. The van der Waals surface area contributed by atoms with Crippen LogP contribution < -0.4 is 10.4 Å². The molecule has 1 unspecified atom stereocenters. The van der Waals surface area contributed by atoms with E-state index in [1.807, 2.05) is 66.7 Å². The summed E-state index contributed by atoms with van der Waals surface area (Å²) in [4.78, 5) is 1.06. The zero-order valence-electron chi connectivity index (χ0n) is 20.2. The lowest BCUT2D eigenvalue weighted by Gasteiger charge is -2.53. The van der Waals surface area contributed by atoms with Gasteiger partial charge in [-0.25, -0.2) is 0 Å². The Morgan fingerprint density at radius 1 is 0.914 bits per heavy atom. The molecule has 3 aromatic carbocycles. The first kappa shape index (κ1) is 24.9. The maximum absolute atomic E-state index is 13.5. The minimum absolute atomic E-state index is 0.240. The molecular formula is C28H32O4S2Si. The van der Waals surface area contributed by atoms with Crippen LogP contribution in [0.5, 0.6) is 0 Å². The first-order chi connectivity index (χ1) is 16.8. The number of rotatable bonds is 6. The third kappa shape index (κ3) is 4.58. The van der Waals surface area contributed by atoms with Crippen LogP contribution in [0.15, 0.2) is 95.9 Å². The zero-order valence-corrected chi connectivity index (χ0v) is 22.9. The van der Waals surface area contributed by atoms with Gasteiger partial charge in [0.1, 0.15) is 11.5 Å². The number of aliphatic hydroxyl groups excluding tert-OH is 1. The number of thioether (sulfide) groups is 1. The summed E-state index contributed by atoms with van der Waals surface area (Å²) in [5.74, 6) is 0.346. The molecule has 0 amide bonds. The first-order valence-corrected chi connectivity index (χ1v) is 16.2. The molecular weight excluding hydrogens is 493 g/mol. The van der Waals surface area contributed by atoms with Crippen LogP contribution in [0, 0.1) is 0 Å². The predicted octanol–water partition coefficient (Wildman–Crippen LogP) is 3.94. The standard InChI is InChI=1S/C28H32O4S2Si/c1-28(2,3)35(21-15-9-5-10-16-21,22-17-11-6-12-18-22)32-25-24(29)23-19-34(30)26(25)27(31-23)33-20-13-7-4-8-14-20/h4-18,23-27,29H,19H2,1-3H3/t23-,24-,25+,26+,27+,34?/m1/s1. The summed E-state index contributed by atoms with van der Waals surface area (Å²) in [7, 11) is -4.09. The number of hydrogen-bond donors (Lipinski definition) is 1. The molecule has 1 N–H and O–H groups in total. The Kier molecular flexibility index (Phi) is 7.09.